The van der Waals surface area contributed by atoms with E-state index in [9.17, 15) is 0 Å². The molecule has 1 fully saturated rings. The summed E-state index contributed by atoms with van der Waals surface area (Å²) in [5, 5.41) is 3.89. The zero-order chi connectivity index (χ0) is 13.5. The van der Waals surface area contributed by atoms with Gasteiger partial charge in [-0.3, -0.25) is 0 Å². The number of hydrogen-bond acceptors (Lipinski definition) is 2. The average Bonchev–Trinajstić information content (AvgIpc) is 2.56. The highest BCUT2D eigenvalue weighted by Crippen LogP contribution is 2.18. The third-order valence-corrected chi connectivity index (χ3v) is 4.75. The molecule has 0 bridgehead atoms. The molecule has 0 radical (unpaired) electrons. The van der Waals surface area contributed by atoms with Crippen molar-refractivity contribution >= 4 is 0 Å². The lowest BCUT2D eigenvalue weighted by molar-refractivity contribution is 0.226. The number of hydrogen-bond donors (Lipinski definition) is 1. The molecule has 1 N–H and O–H groups in total. The summed E-state index contributed by atoms with van der Waals surface area (Å²) in [6.07, 6.45) is 6.63. The van der Waals surface area contributed by atoms with Crippen molar-refractivity contribution in [2.45, 2.75) is 84.8 Å². The topological polar surface area (TPSA) is 15.3 Å². The number of rotatable bonds is 6. The Morgan fingerprint density at radius 2 is 1.72 bits per heavy atom. The molecule has 0 amide bonds. The fraction of sp³-hybridized carbons (Fsp3) is 1.00. The Hall–Kier alpha value is -0.0800. The molecule has 2 atom stereocenters. The smallest absolute Gasteiger partial charge is 0.00823 e. The normalized spacial score (nSPS) is 24.5. The molecule has 108 valence electrons. The van der Waals surface area contributed by atoms with Crippen LogP contribution < -0.4 is 5.32 Å². The van der Waals surface area contributed by atoms with Crippen LogP contribution in [0.1, 0.15) is 66.7 Å². The van der Waals surface area contributed by atoms with E-state index in [1.165, 1.54) is 45.2 Å². The van der Waals surface area contributed by atoms with E-state index in [1.54, 1.807) is 0 Å². The third-order valence-electron chi connectivity index (χ3n) is 4.75. The van der Waals surface area contributed by atoms with E-state index in [0.29, 0.717) is 12.1 Å². The zero-order valence-corrected chi connectivity index (χ0v) is 13.2. The molecular formula is C16H34N2. The van der Waals surface area contributed by atoms with Crippen LogP contribution in [0, 0.1) is 5.92 Å². The molecule has 2 nitrogen and oxygen atoms in total. The maximum atomic E-state index is 3.89. The van der Waals surface area contributed by atoms with Gasteiger partial charge in [0.25, 0.3) is 0 Å². The van der Waals surface area contributed by atoms with Gasteiger partial charge in [-0.05, 0) is 59.0 Å². The molecule has 2 unspecified atom stereocenters. The molecule has 0 aliphatic carbocycles. The van der Waals surface area contributed by atoms with E-state index < -0.39 is 0 Å². The molecule has 2 heteroatoms. The van der Waals surface area contributed by atoms with E-state index in [4.69, 9.17) is 0 Å². The van der Waals surface area contributed by atoms with Gasteiger partial charge >= 0.3 is 0 Å². The Labute approximate surface area is 115 Å². The van der Waals surface area contributed by atoms with Crippen molar-refractivity contribution in [1.82, 2.24) is 10.2 Å². The van der Waals surface area contributed by atoms with Gasteiger partial charge in [-0.2, -0.15) is 0 Å². The lowest BCUT2D eigenvalue weighted by Crippen LogP contribution is -2.41. The van der Waals surface area contributed by atoms with E-state index in [2.05, 4.69) is 44.8 Å². The first-order valence-corrected chi connectivity index (χ1v) is 8.08. The molecule has 18 heavy (non-hydrogen) atoms. The van der Waals surface area contributed by atoms with Crippen molar-refractivity contribution in [3.63, 3.8) is 0 Å². The summed E-state index contributed by atoms with van der Waals surface area (Å²) in [6.45, 7) is 14.2. The molecular weight excluding hydrogens is 220 g/mol. The maximum absolute atomic E-state index is 3.89. The summed E-state index contributed by atoms with van der Waals surface area (Å²) < 4.78 is 0. The van der Waals surface area contributed by atoms with Gasteiger partial charge in [0.2, 0.25) is 0 Å². The monoisotopic (exact) mass is 254 g/mol. The highest BCUT2D eigenvalue weighted by atomic mass is 15.1. The summed E-state index contributed by atoms with van der Waals surface area (Å²) in [5.74, 6) is 0.842. The third kappa shape index (κ3) is 4.89. The fourth-order valence-electron chi connectivity index (χ4n) is 3.31. The maximum Gasteiger partial charge on any atom is 0.00823 e. The van der Waals surface area contributed by atoms with Crippen LogP contribution in [-0.2, 0) is 0 Å². The SMILES string of the molecule is CCC(CC)C(C)NC1CCCN(C(C)C)CC1. The number of likely N-dealkylation sites (tertiary alicyclic amines) is 1. The summed E-state index contributed by atoms with van der Waals surface area (Å²) in [4.78, 5) is 2.63. The molecule has 0 saturated carbocycles. The van der Waals surface area contributed by atoms with Crippen LogP contribution in [0.15, 0.2) is 0 Å². The molecule has 0 aromatic heterocycles. The van der Waals surface area contributed by atoms with Gasteiger partial charge in [-0.1, -0.05) is 26.7 Å². The van der Waals surface area contributed by atoms with Crippen LogP contribution in [0.3, 0.4) is 0 Å². The van der Waals surface area contributed by atoms with Crippen LogP contribution in [0.4, 0.5) is 0 Å². The Balaban J connectivity index is 2.39. The molecule has 1 aliphatic rings. The van der Waals surface area contributed by atoms with Crippen LogP contribution >= 0.6 is 0 Å². The minimum Gasteiger partial charge on any atom is -0.311 e. The Morgan fingerprint density at radius 3 is 2.28 bits per heavy atom. The van der Waals surface area contributed by atoms with Crippen molar-refractivity contribution in [2.24, 2.45) is 5.92 Å². The first kappa shape index (κ1) is 16.0. The molecule has 0 aromatic rings. The van der Waals surface area contributed by atoms with E-state index in [-0.39, 0.29) is 0 Å². The highest BCUT2D eigenvalue weighted by molar-refractivity contribution is 4.80. The Kier molecular flexibility index (Phi) is 7.25. The van der Waals surface area contributed by atoms with E-state index >= 15 is 0 Å². The first-order valence-electron chi connectivity index (χ1n) is 8.08. The second-order valence-electron chi connectivity index (χ2n) is 6.29. The van der Waals surface area contributed by atoms with Gasteiger partial charge in [-0.15, -0.1) is 0 Å². The molecule has 1 aliphatic heterocycles. The van der Waals surface area contributed by atoms with Crippen molar-refractivity contribution in [2.75, 3.05) is 13.1 Å². The summed E-state index contributed by atoms with van der Waals surface area (Å²) in [6, 6.07) is 2.13. The largest absolute Gasteiger partial charge is 0.311 e. The zero-order valence-electron chi connectivity index (χ0n) is 13.2. The second-order valence-corrected chi connectivity index (χ2v) is 6.29. The number of nitrogens with one attached hydrogen (secondary N) is 1. The van der Waals surface area contributed by atoms with Gasteiger partial charge in [0.1, 0.15) is 0 Å². The second kappa shape index (κ2) is 8.16. The predicted octanol–water partition coefficient (Wildman–Crippen LogP) is 3.66. The van der Waals surface area contributed by atoms with Crippen molar-refractivity contribution in [3.8, 4) is 0 Å². The Bertz CT molecular complexity index is 211. The molecule has 1 rings (SSSR count). The van der Waals surface area contributed by atoms with Gasteiger partial charge in [0, 0.05) is 18.1 Å². The van der Waals surface area contributed by atoms with Crippen LogP contribution in [-0.4, -0.2) is 36.1 Å². The van der Waals surface area contributed by atoms with Gasteiger partial charge in [-0.25, -0.2) is 0 Å². The molecule has 1 saturated heterocycles. The Morgan fingerprint density at radius 1 is 1.06 bits per heavy atom. The summed E-state index contributed by atoms with van der Waals surface area (Å²) >= 11 is 0. The van der Waals surface area contributed by atoms with Crippen LogP contribution in [0.2, 0.25) is 0 Å². The van der Waals surface area contributed by atoms with Crippen molar-refractivity contribution in [1.29, 1.82) is 0 Å². The minimum absolute atomic E-state index is 0.676. The number of nitrogens with zero attached hydrogens (tertiary/aromatic N) is 1. The standard InChI is InChI=1S/C16H34N2/c1-6-15(7-2)14(5)17-16-9-8-11-18(12-10-16)13(3)4/h13-17H,6-12H2,1-5H3. The lowest BCUT2D eigenvalue weighted by atomic mass is 9.94. The van der Waals surface area contributed by atoms with Crippen molar-refractivity contribution < 1.29 is 0 Å². The van der Waals surface area contributed by atoms with Gasteiger partial charge in [0.15, 0.2) is 0 Å². The van der Waals surface area contributed by atoms with Crippen LogP contribution in [0.5, 0.6) is 0 Å². The van der Waals surface area contributed by atoms with Gasteiger partial charge < -0.3 is 10.2 Å². The summed E-state index contributed by atoms with van der Waals surface area (Å²) in [7, 11) is 0. The quantitative estimate of drug-likeness (QED) is 0.778. The first-order chi connectivity index (χ1) is 8.58. The molecule has 0 aromatic carbocycles. The van der Waals surface area contributed by atoms with Crippen LogP contribution in [0.25, 0.3) is 0 Å². The summed E-state index contributed by atoms with van der Waals surface area (Å²) in [5.41, 5.74) is 0. The van der Waals surface area contributed by atoms with Crippen molar-refractivity contribution in [3.05, 3.63) is 0 Å². The predicted molar refractivity (Wildman–Crippen MR) is 81.0 cm³/mol. The molecule has 0 spiro atoms. The lowest BCUT2D eigenvalue weighted by Gasteiger charge is -2.28. The fourth-order valence-corrected chi connectivity index (χ4v) is 3.31. The van der Waals surface area contributed by atoms with E-state index in [1.807, 2.05) is 0 Å². The van der Waals surface area contributed by atoms with E-state index in [0.717, 1.165) is 12.0 Å². The van der Waals surface area contributed by atoms with Gasteiger partial charge in [0.05, 0.1) is 0 Å². The average molecular weight is 254 g/mol. The molecule has 1 heterocycles. The minimum atomic E-state index is 0.676. The highest BCUT2D eigenvalue weighted by Gasteiger charge is 2.21.